The molecule has 3 aromatic carbocycles. The highest BCUT2D eigenvalue weighted by molar-refractivity contribution is 7.90. The van der Waals surface area contributed by atoms with E-state index in [0.717, 1.165) is 19.4 Å². The maximum atomic E-state index is 14.0. The molecule has 0 saturated carbocycles. The SMILES string of the molecule is COC(=O)Nc1ccc(S(C)(=O)=O)c([C@@H](CC(=O)O)NC(=O)[C@H](Nc2ccc3c(N)nccc3c2)c2cccc(OC(F)F)c2)c1. The number of hydrogen-bond acceptors (Lipinski definition) is 10. The number of ether oxygens (including phenoxy) is 2. The first-order valence-electron chi connectivity index (χ1n) is 13.4. The number of carboxylic acid groups (broad SMARTS) is 1. The number of alkyl halides is 2. The number of aromatic nitrogens is 1. The summed E-state index contributed by atoms with van der Waals surface area (Å²) >= 11 is 0. The van der Waals surface area contributed by atoms with E-state index in [-0.39, 0.29) is 33.3 Å². The number of fused-ring (bicyclic) bond motifs is 1. The Labute approximate surface area is 261 Å². The first kappa shape index (κ1) is 33.4. The standard InChI is InChI=1S/C30H29F2N5O8S/c1-44-30(41)36-19-7-9-24(46(2,42)43)22(14-19)23(15-25(38)39)37-28(40)26(17-4-3-5-20(13-17)45-29(31)32)35-18-6-8-21-16(12-18)10-11-34-27(21)33/h3-14,23,26,29,35H,15H2,1-2H3,(H2,33,34)(H,36,41)(H,37,40)(H,38,39)/t23-,26-/m1/s1. The molecule has 4 aromatic rings. The summed E-state index contributed by atoms with van der Waals surface area (Å²) in [6.45, 7) is -3.14. The van der Waals surface area contributed by atoms with Crippen molar-refractivity contribution < 1.29 is 46.2 Å². The van der Waals surface area contributed by atoms with Crippen LogP contribution in [0.3, 0.4) is 0 Å². The number of amides is 2. The number of carbonyl (C=O) groups excluding carboxylic acids is 2. The van der Waals surface area contributed by atoms with Gasteiger partial charge in [-0.2, -0.15) is 8.78 Å². The molecule has 16 heteroatoms. The average molecular weight is 658 g/mol. The Balaban J connectivity index is 1.79. The van der Waals surface area contributed by atoms with Gasteiger partial charge in [0.25, 0.3) is 0 Å². The predicted octanol–water partition coefficient (Wildman–Crippen LogP) is 4.49. The van der Waals surface area contributed by atoms with Crippen LogP contribution >= 0.6 is 0 Å². The van der Waals surface area contributed by atoms with Gasteiger partial charge in [-0.15, -0.1) is 0 Å². The lowest BCUT2D eigenvalue weighted by Crippen LogP contribution is -2.37. The second kappa shape index (κ2) is 14.1. The van der Waals surface area contributed by atoms with Crippen LogP contribution in [0.4, 0.5) is 30.8 Å². The zero-order valence-corrected chi connectivity index (χ0v) is 25.2. The van der Waals surface area contributed by atoms with Crippen LogP contribution in [0, 0.1) is 0 Å². The van der Waals surface area contributed by atoms with Crippen LogP contribution in [0.15, 0.2) is 77.8 Å². The molecule has 0 unspecified atom stereocenters. The van der Waals surface area contributed by atoms with Crippen molar-refractivity contribution >= 4 is 55.8 Å². The molecular formula is C30H29F2N5O8S. The third-order valence-electron chi connectivity index (χ3n) is 6.70. The molecule has 242 valence electrons. The highest BCUT2D eigenvalue weighted by Gasteiger charge is 2.29. The molecular weight excluding hydrogens is 628 g/mol. The van der Waals surface area contributed by atoms with Gasteiger partial charge in [0.05, 0.1) is 24.5 Å². The molecule has 0 radical (unpaired) electrons. The molecule has 6 N–H and O–H groups in total. The van der Waals surface area contributed by atoms with Crippen molar-refractivity contribution in [3.8, 4) is 5.75 Å². The van der Waals surface area contributed by atoms with Gasteiger partial charge >= 0.3 is 18.7 Å². The van der Waals surface area contributed by atoms with Gasteiger partial charge in [0, 0.05) is 29.2 Å². The summed E-state index contributed by atoms with van der Waals surface area (Å²) in [5.41, 5.74) is 6.44. The number of carboxylic acids is 1. The number of hydrogen-bond donors (Lipinski definition) is 5. The average Bonchev–Trinajstić information content (AvgIpc) is 2.98. The lowest BCUT2D eigenvalue weighted by molar-refractivity contribution is -0.137. The van der Waals surface area contributed by atoms with Gasteiger partial charge < -0.3 is 30.9 Å². The second-order valence-corrected chi connectivity index (χ2v) is 11.9. The minimum Gasteiger partial charge on any atom is -0.481 e. The molecule has 0 aliphatic carbocycles. The number of anilines is 3. The number of rotatable bonds is 12. The molecule has 1 aromatic heterocycles. The summed E-state index contributed by atoms with van der Waals surface area (Å²) in [5, 5.41) is 19.0. The van der Waals surface area contributed by atoms with Crippen molar-refractivity contribution in [3.05, 3.63) is 84.1 Å². The van der Waals surface area contributed by atoms with Crippen LogP contribution < -0.4 is 26.4 Å². The number of benzene rings is 3. The second-order valence-electron chi connectivity index (χ2n) is 9.96. The molecule has 0 aliphatic heterocycles. The van der Waals surface area contributed by atoms with E-state index < -0.39 is 52.9 Å². The third kappa shape index (κ3) is 8.35. The van der Waals surface area contributed by atoms with Crippen molar-refractivity contribution in [2.45, 2.75) is 30.0 Å². The first-order chi connectivity index (χ1) is 21.7. The number of nitrogens with two attached hydrogens (primary N) is 1. The van der Waals surface area contributed by atoms with Crippen molar-refractivity contribution in [2.75, 3.05) is 29.7 Å². The van der Waals surface area contributed by atoms with Crippen LogP contribution in [-0.2, 0) is 24.2 Å². The fraction of sp³-hybridized carbons (Fsp3) is 0.200. The van der Waals surface area contributed by atoms with Gasteiger partial charge in [0.1, 0.15) is 17.6 Å². The van der Waals surface area contributed by atoms with Gasteiger partial charge in [-0.05, 0) is 71.1 Å². The summed E-state index contributed by atoms with van der Waals surface area (Å²) < 4.78 is 60.5. The molecule has 4 rings (SSSR count). The molecule has 46 heavy (non-hydrogen) atoms. The fourth-order valence-electron chi connectivity index (χ4n) is 4.70. The fourth-order valence-corrected chi connectivity index (χ4v) is 5.65. The largest absolute Gasteiger partial charge is 0.481 e. The Hall–Kier alpha value is -5.51. The Morgan fingerprint density at radius 2 is 1.76 bits per heavy atom. The number of nitrogen functional groups attached to an aromatic ring is 1. The van der Waals surface area contributed by atoms with Crippen LogP contribution in [0.25, 0.3) is 10.8 Å². The maximum Gasteiger partial charge on any atom is 0.411 e. The van der Waals surface area contributed by atoms with Gasteiger partial charge in [0.2, 0.25) is 5.91 Å². The summed E-state index contributed by atoms with van der Waals surface area (Å²) in [4.78, 5) is 41.5. The van der Waals surface area contributed by atoms with E-state index in [1.165, 1.54) is 42.6 Å². The minimum absolute atomic E-state index is 0.0651. The highest BCUT2D eigenvalue weighted by atomic mass is 32.2. The van der Waals surface area contributed by atoms with Crippen LogP contribution in [0.2, 0.25) is 0 Å². The number of methoxy groups -OCH3 is 1. The van der Waals surface area contributed by atoms with E-state index in [9.17, 15) is 36.7 Å². The smallest absolute Gasteiger partial charge is 0.411 e. The van der Waals surface area contributed by atoms with Crippen molar-refractivity contribution in [1.29, 1.82) is 0 Å². The molecule has 0 fully saturated rings. The lowest BCUT2D eigenvalue weighted by Gasteiger charge is -2.26. The predicted molar refractivity (Wildman–Crippen MR) is 164 cm³/mol. The van der Waals surface area contributed by atoms with Gasteiger partial charge in [-0.25, -0.2) is 18.2 Å². The van der Waals surface area contributed by atoms with Crippen molar-refractivity contribution in [2.24, 2.45) is 0 Å². The Kier molecular flexibility index (Phi) is 10.2. The van der Waals surface area contributed by atoms with E-state index in [0.29, 0.717) is 16.5 Å². The van der Waals surface area contributed by atoms with Crippen LogP contribution in [0.5, 0.6) is 5.75 Å². The van der Waals surface area contributed by atoms with E-state index in [4.69, 9.17) is 5.73 Å². The third-order valence-corrected chi connectivity index (χ3v) is 7.87. The van der Waals surface area contributed by atoms with Crippen molar-refractivity contribution in [1.82, 2.24) is 10.3 Å². The molecule has 0 bridgehead atoms. The lowest BCUT2D eigenvalue weighted by atomic mass is 10.00. The molecule has 1 heterocycles. The van der Waals surface area contributed by atoms with Gasteiger partial charge in [-0.3, -0.25) is 14.9 Å². The monoisotopic (exact) mass is 657 g/mol. The summed E-state index contributed by atoms with van der Waals surface area (Å²) in [6.07, 6.45) is 0.759. The van der Waals surface area contributed by atoms with Gasteiger partial charge in [0.15, 0.2) is 9.84 Å². The summed E-state index contributed by atoms with van der Waals surface area (Å²) in [5.74, 6) is -2.20. The molecule has 0 saturated heterocycles. The summed E-state index contributed by atoms with van der Waals surface area (Å²) in [7, 11) is -2.85. The Morgan fingerprint density at radius 1 is 1.02 bits per heavy atom. The minimum atomic E-state index is -3.97. The number of nitrogens with one attached hydrogen (secondary N) is 3. The number of carbonyl (C=O) groups is 3. The number of halogens is 2. The zero-order chi connectivity index (χ0) is 33.6. The number of aliphatic carboxylic acids is 1. The molecule has 2 amide bonds. The van der Waals surface area contributed by atoms with Crippen molar-refractivity contribution in [3.63, 3.8) is 0 Å². The number of nitrogens with zero attached hydrogens (tertiary/aromatic N) is 1. The molecule has 0 spiro atoms. The van der Waals surface area contributed by atoms with E-state index in [2.05, 4.69) is 30.4 Å². The molecule has 0 aliphatic rings. The quantitative estimate of drug-likeness (QED) is 0.144. The Bertz CT molecular complexity index is 1890. The number of pyridine rings is 1. The maximum absolute atomic E-state index is 14.0. The van der Waals surface area contributed by atoms with E-state index in [1.54, 1.807) is 24.3 Å². The van der Waals surface area contributed by atoms with E-state index in [1.807, 2.05) is 0 Å². The Morgan fingerprint density at radius 3 is 2.43 bits per heavy atom. The van der Waals surface area contributed by atoms with Gasteiger partial charge in [-0.1, -0.05) is 12.1 Å². The topological polar surface area (TPSA) is 199 Å². The molecule has 2 atom stereocenters. The number of sulfone groups is 1. The summed E-state index contributed by atoms with van der Waals surface area (Å²) in [6, 6.07) is 12.8. The highest BCUT2D eigenvalue weighted by Crippen LogP contribution is 2.32. The van der Waals surface area contributed by atoms with Crippen LogP contribution in [0.1, 0.15) is 29.6 Å². The van der Waals surface area contributed by atoms with Crippen LogP contribution in [-0.4, -0.2) is 56.5 Å². The normalized spacial score (nSPS) is 12.6. The zero-order valence-electron chi connectivity index (χ0n) is 24.4. The van der Waals surface area contributed by atoms with E-state index >= 15 is 0 Å². The first-order valence-corrected chi connectivity index (χ1v) is 15.3. The molecule has 13 nitrogen and oxygen atoms in total.